The third-order valence-electron chi connectivity index (χ3n) is 3.63. The highest BCUT2D eigenvalue weighted by Crippen LogP contribution is 2.40. The third-order valence-corrected chi connectivity index (χ3v) is 3.99. The van der Waals surface area contributed by atoms with E-state index in [1.54, 1.807) is 20.3 Å². The van der Waals surface area contributed by atoms with Gasteiger partial charge in [-0.3, -0.25) is 0 Å². The van der Waals surface area contributed by atoms with Gasteiger partial charge in [-0.1, -0.05) is 36.8 Å². The van der Waals surface area contributed by atoms with Crippen molar-refractivity contribution in [2.24, 2.45) is 0 Å². The van der Waals surface area contributed by atoms with Crippen LogP contribution in [0.2, 0.25) is 5.02 Å². The van der Waals surface area contributed by atoms with E-state index in [1.165, 1.54) is 7.11 Å². The number of unbranched alkanes of at least 4 members (excludes halogenated alkanes) is 1. The van der Waals surface area contributed by atoms with Crippen molar-refractivity contribution in [3.8, 4) is 29.2 Å². The first-order valence-corrected chi connectivity index (χ1v) is 8.40. The molecule has 0 bridgehead atoms. The molecule has 0 aliphatic carbocycles. The average Bonchev–Trinajstić information content (AvgIpc) is 2.64. The van der Waals surface area contributed by atoms with Crippen LogP contribution in [-0.4, -0.2) is 39.5 Å². The van der Waals surface area contributed by atoms with Crippen molar-refractivity contribution in [2.45, 2.75) is 19.8 Å². The van der Waals surface area contributed by atoms with Crippen molar-refractivity contribution in [1.29, 1.82) is 0 Å². The van der Waals surface area contributed by atoms with E-state index in [9.17, 15) is 0 Å². The molecule has 0 spiro atoms. The fourth-order valence-corrected chi connectivity index (χ4v) is 2.63. The monoisotopic (exact) mass is 363 g/mol. The highest BCUT2D eigenvalue weighted by Gasteiger charge is 2.18. The predicted octanol–water partition coefficient (Wildman–Crippen LogP) is 4.08. The van der Waals surface area contributed by atoms with Gasteiger partial charge in [0, 0.05) is 12.0 Å². The first-order chi connectivity index (χ1) is 12.2. The number of benzene rings is 1. The molecule has 134 valence electrons. The van der Waals surface area contributed by atoms with Gasteiger partial charge in [-0.15, -0.1) is 0 Å². The summed E-state index contributed by atoms with van der Waals surface area (Å²) in [6, 6.07) is 3.61. The van der Waals surface area contributed by atoms with E-state index in [-0.39, 0.29) is 0 Å². The Bertz CT molecular complexity index is 796. The molecule has 2 rings (SSSR count). The number of pyridine rings is 1. The molecule has 2 aromatic rings. The molecule has 0 N–H and O–H groups in total. The van der Waals surface area contributed by atoms with Crippen LogP contribution in [0.4, 0.5) is 0 Å². The largest absolute Gasteiger partial charge is 0.495 e. The van der Waals surface area contributed by atoms with Crippen LogP contribution in [0.1, 0.15) is 25.3 Å². The summed E-state index contributed by atoms with van der Waals surface area (Å²) in [5.41, 5.74) is 1.11. The Balaban J connectivity index is 2.47. The number of methoxy groups -OCH3 is 3. The van der Waals surface area contributed by atoms with Gasteiger partial charge in [-0.2, -0.15) is 0 Å². The number of fused-ring (bicyclic) bond motifs is 1. The molecule has 0 saturated heterocycles. The molecule has 1 heterocycles. The molecule has 0 aliphatic rings. The highest BCUT2D eigenvalue weighted by atomic mass is 35.5. The first-order valence-electron chi connectivity index (χ1n) is 8.02. The second-order valence-electron chi connectivity index (χ2n) is 5.22. The lowest BCUT2D eigenvalue weighted by Gasteiger charge is -2.13. The van der Waals surface area contributed by atoms with E-state index in [0.29, 0.717) is 46.7 Å². The van der Waals surface area contributed by atoms with E-state index < -0.39 is 0 Å². The Morgan fingerprint density at radius 1 is 1.12 bits per heavy atom. The molecular weight excluding hydrogens is 342 g/mol. The molecule has 5 nitrogen and oxygen atoms in total. The molecule has 0 unspecified atom stereocenters. The number of hydrogen-bond donors (Lipinski definition) is 0. The normalized spacial score (nSPS) is 10.3. The van der Waals surface area contributed by atoms with Gasteiger partial charge in [0.1, 0.15) is 34.2 Å². The van der Waals surface area contributed by atoms with Crippen LogP contribution in [0, 0.1) is 11.8 Å². The molecular formula is C19H22ClNO4. The highest BCUT2D eigenvalue weighted by molar-refractivity contribution is 6.36. The maximum absolute atomic E-state index is 6.37. The third kappa shape index (κ3) is 4.28. The van der Waals surface area contributed by atoms with Crippen LogP contribution >= 0.6 is 11.6 Å². The lowest BCUT2D eigenvalue weighted by Crippen LogP contribution is -2.00. The summed E-state index contributed by atoms with van der Waals surface area (Å²) >= 11 is 6.37. The quantitative estimate of drug-likeness (QED) is 0.548. The topological polar surface area (TPSA) is 49.8 Å². The van der Waals surface area contributed by atoms with Crippen molar-refractivity contribution in [3.05, 3.63) is 22.7 Å². The Labute approximate surface area is 153 Å². The number of ether oxygens (including phenoxy) is 4. The lowest BCUT2D eigenvalue weighted by atomic mass is 10.1. The molecule has 1 aromatic carbocycles. The standard InChI is InChI=1S/C19H22ClNO4/c1-5-6-11-25-12-7-8-14-18(23-3)13-9-10-15(22-2)16(20)17(13)21-19(14)24-4/h9-10H,5-6,11-12H2,1-4H3. The van der Waals surface area contributed by atoms with Crippen LogP contribution < -0.4 is 14.2 Å². The molecule has 0 aliphatic heterocycles. The second kappa shape index (κ2) is 9.36. The Morgan fingerprint density at radius 3 is 2.56 bits per heavy atom. The first kappa shape index (κ1) is 19.2. The Kier molecular flexibility index (Phi) is 7.17. The fraction of sp³-hybridized carbons (Fsp3) is 0.421. The molecule has 0 atom stereocenters. The minimum atomic E-state index is 0.341. The van der Waals surface area contributed by atoms with Crippen LogP contribution in [-0.2, 0) is 4.74 Å². The summed E-state index contributed by atoms with van der Waals surface area (Å²) in [7, 11) is 4.67. The van der Waals surface area contributed by atoms with Gasteiger partial charge in [0.2, 0.25) is 5.88 Å². The van der Waals surface area contributed by atoms with Gasteiger partial charge in [0.25, 0.3) is 0 Å². The van der Waals surface area contributed by atoms with Gasteiger partial charge >= 0.3 is 0 Å². The fourth-order valence-electron chi connectivity index (χ4n) is 2.35. The van der Waals surface area contributed by atoms with E-state index in [1.807, 2.05) is 6.07 Å². The van der Waals surface area contributed by atoms with Crippen LogP contribution in [0.3, 0.4) is 0 Å². The zero-order valence-corrected chi connectivity index (χ0v) is 15.7. The molecule has 0 amide bonds. The average molecular weight is 364 g/mol. The van der Waals surface area contributed by atoms with Crippen LogP contribution in [0.5, 0.6) is 17.4 Å². The van der Waals surface area contributed by atoms with Crippen molar-refractivity contribution in [2.75, 3.05) is 34.5 Å². The van der Waals surface area contributed by atoms with Crippen molar-refractivity contribution in [3.63, 3.8) is 0 Å². The maximum atomic E-state index is 6.37. The van der Waals surface area contributed by atoms with Crippen LogP contribution in [0.15, 0.2) is 12.1 Å². The van der Waals surface area contributed by atoms with Gasteiger partial charge < -0.3 is 18.9 Å². The minimum Gasteiger partial charge on any atom is -0.495 e. The molecule has 6 heteroatoms. The molecule has 25 heavy (non-hydrogen) atoms. The molecule has 0 saturated carbocycles. The summed E-state index contributed by atoms with van der Waals surface area (Å²) < 4.78 is 21.7. The summed E-state index contributed by atoms with van der Waals surface area (Å²) in [5.74, 6) is 7.47. The van der Waals surface area contributed by atoms with E-state index in [4.69, 9.17) is 30.5 Å². The van der Waals surface area contributed by atoms with Gasteiger partial charge in [0.05, 0.1) is 21.3 Å². The summed E-state index contributed by atoms with van der Waals surface area (Å²) in [5, 5.41) is 1.14. The number of hydrogen-bond acceptors (Lipinski definition) is 5. The minimum absolute atomic E-state index is 0.341. The number of nitrogens with zero attached hydrogens (tertiary/aromatic N) is 1. The lowest BCUT2D eigenvalue weighted by molar-refractivity contribution is 0.163. The van der Waals surface area contributed by atoms with Gasteiger partial charge in [0.15, 0.2) is 0 Å². The van der Waals surface area contributed by atoms with Crippen molar-refractivity contribution >= 4 is 22.5 Å². The van der Waals surface area contributed by atoms with E-state index in [2.05, 4.69) is 23.7 Å². The van der Waals surface area contributed by atoms with Gasteiger partial charge in [-0.05, 0) is 18.6 Å². The SMILES string of the molecule is CCCCOCC#Cc1c(OC)nc2c(Cl)c(OC)ccc2c1OC. The molecule has 0 fully saturated rings. The number of rotatable bonds is 7. The Morgan fingerprint density at radius 2 is 1.92 bits per heavy atom. The summed E-state index contributed by atoms with van der Waals surface area (Å²) in [4.78, 5) is 4.48. The van der Waals surface area contributed by atoms with E-state index in [0.717, 1.165) is 18.2 Å². The smallest absolute Gasteiger partial charge is 0.233 e. The molecule has 0 radical (unpaired) electrons. The second-order valence-corrected chi connectivity index (χ2v) is 5.59. The zero-order chi connectivity index (χ0) is 18.2. The van der Waals surface area contributed by atoms with Crippen molar-refractivity contribution < 1.29 is 18.9 Å². The number of halogens is 1. The van der Waals surface area contributed by atoms with Crippen molar-refractivity contribution in [1.82, 2.24) is 4.98 Å². The van der Waals surface area contributed by atoms with Crippen LogP contribution in [0.25, 0.3) is 10.9 Å². The summed E-state index contributed by atoms with van der Waals surface area (Å²) in [6.45, 7) is 3.16. The Hall–Kier alpha value is -2.16. The zero-order valence-electron chi connectivity index (χ0n) is 14.9. The molecule has 1 aromatic heterocycles. The number of aromatic nitrogens is 1. The van der Waals surface area contributed by atoms with E-state index >= 15 is 0 Å². The van der Waals surface area contributed by atoms with Gasteiger partial charge in [-0.25, -0.2) is 4.98 Å². The maximum Gasteiger partial charge on any atom is 0.233 e. The predicted molar refractivity (Wildman–Crippen MR) is 99.0 cm³/mol. The summed E-state index contributed by atoms with van der Waals surface area (Å²) in [6.07, 6.45) is 2.11.